The van der Waals surface area contributed by atoms with Crippen LogP contribution in [-0.4, -0.2) is 87.5 Å². The van der Waals surface area contributed by atoms with Gasteiger partial charge in [-0.1, -0.05) is 107 Å². The zero-order chi connectivity index (χ0) is 61.2. The second-order valence-electron chi connectivity index (χ2n) is 20.1. The highest BCUT2D eigenvalue weighted by Gasteiger charge is 2.37. The average molecular weight is 1150 g/mol. The minimum atomic E-state index is -3.40. The number of Topliss-reactive ketones (excluding diaryl/α,β-unsaturated/α-hetero) is 2. The number of benzene rings is 3. The molecule has 5 heterocycles. The van der Waals surface area contributed by atoms with Gasteiger partial charge in [0.15, 0.2) is 22.3 Å². The summed E-state index contributed by atoms with van der Waals surface area (Å²) in [6, 6.07) is 23.1. The second-order valence-corrected chi connectivity index (χ2v) is 22.5. The van der Waals surface area contributed by atoms with Gasteiger partial charge in [-0.05, 0) is 87.3 Å². The molecule has 0 unspecified atom stereocenters. The van der Waals surface area contributed by atoms with Crippen LogP contribution in [0.4, 0.5) is 0 Å². The van der Waals surface area contributed by atoms with Crippen molar-refractivity contribution in [2.45, 2.75) is 121 Å². The highest BCUT2D eigenvalue weighted by molar-refractivity contribution is 7.95. The maximum Gasteiger partial charge on any atom is 0.360 e. The molecule has 0 radical (unpaired) electrons. The molecule has 1 amide bonds. The van der Waals surface area contributed by atoms with Crippen LogP contribution < -0.4 is 16.8 Å². The van der Waals surface area contributed by atoms with Crippen LogP contribution in [0.1, 0.15) is 120 Å². The Morgan fingerprint density at radius 1 is 0.630 bits per heavy atom. The van der Waals surface area contributed by atoms with E-state index >= 15 is 0 Å². The Morgan fingerprint density at radius 3 is 1.53 bits per heavy atom. The molecule has 0 saturated carbocycles. The van der Waals surface area contributed by atoms with Gasteiger partial charge in [0, 0.05) is 64.9 Å². The average Bonchev–Trinajstić information content (AvgIpc) is 4.39. The third-order valence-electron chi connectivity index (χ3n) is 13.4. The van der Waals surface area contributed by atoms with Crippen molar-refractivity contribution in [1.29, 1.82) is 0 Å². The summed E-state index contributed by atoms with van der Waals surface area (Å²) in [5, 5.41) is 52.2. The van der Waals surface area contributed by atoms with E-state index in [4.69, 9.17) is 12.2 Å². The number of aromatic amines is 2. The number of sulfone groups is 1. The number of nitrogens with one attached hydrogen (secondary N) is 2. The van der Waals surface area contributed by atoms with Gasteiger partial charge in [0.1, 0.15) is 17.3 Å². The number of aromatic nitrogens is 4. The Labute approximate surface area is 474 Å². The Morgan fingerprint density at radius 2 is 1.15 bits per heavy atom. The van der Waals surface area contributed by atoms with Crippen molar-refractivity contribution in [2.75, 3.05) is 6.54 Å². The van der Waals surface area contributed by atoms with Gasteiger partial charge in [0.25, 0.3) is 11.5 Å². The third kappa shape index (κ3) is 14.5. The largest absolute Gasteiger partial charge is 0.511 e. The van der Waals surface area contributed by atoms with Crippen LogP contribution >= 0.6 is 12.2 Å². The Kier molecular flexibility index (Phi) is 21.8. The summed E-state index contributed by atoms with van der Waals surface area (Å²) in [4.78, 5) is 68.6. The normalized spacial score (nSPS) is 15.3. The van der Waals surface area contributed by atoms with Crippen molar-refractivity contribution < 1.29 is 57.4 Å². The van der Waals surface area contributed by atoms with Gasteiger partial charge in [-0.3, -0.25) is 28.8 Å². The fourth-order valence-corrected chi connectivity index (χ4v) is 9.97. The monoisotopic (exact) mass is 1150 g/mol. The molecular weight excluding hydrogens is 1080 g/mol. The van der Waals surface area contributed by atoms with E-state index in [1.165, 1.54) is 22.6 Å². The molecule has 3 aromatic carbocycles. The van der Waals surface area contributed by atoms with E-state index in [1.807, 2.05) is 71.9 Å². The molecule has 6 aromatic rings. The van der Waals surface area contributed by atoms with Crippen LogP contribution in [0, 0.1) is 39.0 Å². The first-order valence-electron chi connectivity index (χ1n) is 25.6. The van der Waals surface area contributed by atoms with E-state index < -0.39 is 9.84 Å². The predicted molar refractivity (Wildman–Crippen MR) is 313 cm³/mol. The number of hydrogen-bond donors (Lipinski definition) is 7. The van der Waals surface area contributed by atoms with Crippen molar-refractivity contribution in [2.24, 2.45) is 11.3 Å². The molecule has 20 nitrogen and oxygen atoms in total. The molecule has 2 aliphatic heterocycles. The van der Waals surface area contributed by atoms with Gasteiger partial charge in [-0.25, -0.2) is 33.0 Å². The Bertz CT molecular complexity index is 3760. The molecule has 2 aliphatic carbocycles. The maximum atomic E-state index is 11.6. The SMILES string of the molecule is CC1=C(O)C(=S)N(CC(C)C)C1=O.CC1=C(O)C(C)(C)CC1=O.CC1=C(O)c2ccccc2C1=O.CC1=C(O)c2ccccc2S1(=O)=O.CCn1c(O)c(C)c(=O)n1CC.Cc1[nH]oc(=O)c1C.Cc1c(-c2ccccc2)[nH]oc1=O. The Balaban J connectivity index is 0.000000204. The van der Waals surface area contributed by atoms with Crippen LogP contribution in [0.2, 0.25) is 0 Å². The zero-order valence-corrected chi connectivity index (χ0v) is 49.5. The first-order valence-corrected chi connectivity index (χ1v) is 27.5. The van der Waals surface area contributed by atoms with Gasteiger partial charge < -0.3 is 34.6 Å². The summed E-state index contributed by atoms with van der Waals surface area (Å²) < 4.78 is 35.4. The molecule has 4 aliphatic rings. The minimum Gasteiger partial charge on any atom is -0.511 e. The van der Waals surface area contributed by atoms with Crippen molar-refractivity contribution in [3.8, 4) is 17.1 Å². The van der Waals surface area contributed by atoms with Crippen LogP contribution in [0.25, 0.3) is 22.8 Å². The van der Waals surface area contributed by atoms with E-state index in [2.05, 4.69) is 19.4 Å². The predicted octanol–water partition coefficient (Wildman–Crippen LogP) is 10.6. The van der Waals surface area contributed by atoms with Crippen molar-refractivity contribution >= 4 is 56.0 Å². The summed E-state index contributed by atoms with van der Waals surface area (Å²) in [5.74, 6) is 0.483. The number of carbonyl (C=O) groups excluding carboxylic acids is 3. The van der Waals surface area contributed by atoms with Crippen molar-refractivity contribution in [3.05, 3.63) is 182 Å². The second kappa shape index (κ2) is 27.1. The summed E-state index contributed by atoms with van der Waals surface area (Å²) in [6.45, 7) is 26.5. The molecule has 10 rings (SSSR count). The molecule has 434 valence electrons. The summed E-state index contributed by atoms with van der Waals surface area (Å²) in [7, 11) is -3.40. The quantitative estimate of drug-likeness (QED) is 0.0789. The number of H-pyrrole nitrogens is 2. The summed E-state index contributed by atoms with van der Waals surface area (Å²) in [6.07, 6.45) is 0.449. The van der Waals surface area contributed by atoms with E-state index in [0.29, 0.717) is 82.1 Å². The van der Waals surface area contributed by atoms with Crippen LogP contribution in [0.15, 0.2) is 140 Å². The standard InChI is InChI=1S/C10H9NO2.C10H8O2.C9H13NO2S.C9H8O3S.C8H14N2O2.C8H12O2.C5H7NO2/c1-7-9(11-13-10(7)12)8-5-3-2-4-6-8;1-6-9(11)7-4-2-3-5-8(7)10(6)12;1-5(2)4-10-8(12)6(3)7(11)9(10)13;1-6-9(10)7-4-2-3-5-8(7)13(6,11)12;1-4-9-7(11)6(3)8(12)10(9)5-2;1-5-6(9)4-8(2,3)7(5)10;1-3-4(2)6-8-5(3)7/h2-6,11H,1H3;2-5,11H,1H3;5,11H,4H2,1-3H3;2-5,10H,1H3;11H,4-5H2,1-3H3;10H,4H2,1-3H3;6H,1-2H3. The topological polar surface area (TPSA) is 309 Å². The summed E-state index contributed by atoms with van der Waals surface area (Å²) >= 11 is 4.93. The van der Waals surface area contributed by atoms with E-state index in [0.717, 1.165) is 17.0 Å². The summed E-state index contributed by atoms with van der Waals surface area (Å²) in [5.41, 5.74) is 6.21. The molecule has 0 spiro atoms. The van der Waals surface area contributed by atoms with Crippen molar-refractivity contribution in [1.82, 2.24) is 24.6 Å². The number of fused-ring (bicyclic) bond motifs is 2. The first kappa shape index (κ1) is 65.0. The number of aromatic hydroxyl groups is 1. The van der Waals surface area contributed by atoms with Crippen LogP contribution in [-0.2, 0) is 32.5 Å². The maximum absolute atomic E-state index is 11.6. The minimum absolute atomic E-state index is 0.0358. The molecule has 22 heteroatoms. The number of aliphatic hydroxyl groups excluding tert-OH is 4. The molecule has 0 atom stereocenters. The third-order valence-corrected chi connectivity index (χ3v) is 15.8. The van der Waals surface area contributed by atoms with Crippen molar-refractivity contribution in [3.63, 3.8) is 0 Å². The number of rotatable bonds is 5. The highest BCUT2D eigenvalue weighted by Crippen LogP contribution is 2.38. The molecule has 0 saturated heterocycles. The van der Waals surface area contributed by atoms with Gasteiger partial charge >= 0.3 is 11.3 Å². The number of thiocarbonyl (C=S) groups is 1. The first-order chi connectivity index (χ1) is 37.8. The molecule has 0 fully saturated rings. The number of aryl methyl sites for hydroxylation is 1. The smallest absolute Gasteiger partial charge is 0.360 e. The molecule has 81 heavy (non-hydrogen) atoms. The van der Waals surface area contributed by atoms with Crippen LogP contribution in [0.5, 0.6) is 5.88 Å². The van der Waals surface area contributed by atoms with Crippen LogP contribution in [0.3, 0.4) is 0 Å². The lowest BCUT2D eigenvalue weighted by Crippen LogP contribution is -2.33. The highest BCUT2D eigenvalue weighted by atomic mass is 32.2. The number of ketones is 2. The lowest BCUT2D eigenvalue weighted by Gasteiger charge is -2.18. The van der Waals surface area contributed by atoms with E-state index in [-0.39, 0.29) is 83.4 Å². The lowest BCUT2D eigenvalue weighted by molar-refractivity contribution is -0.123. The number of aliphatic hydroxyl groups is 4. The Hall–Kier alpha value is -8.50. The fourth-order valence-electron chi connectivity index (χ4n) is 8.25. The van der Waals surface area contributed by atoms with Gasteiger partial charge in [0.2, 0.25) is 15.7 Å². The lowest BCUT2D eigenvalue weighted by atomic mass is 9.91. The number of carbonyl (C=O) groups is 3. The number of allylic oxidation sites excluding steroid dienone is 4. The number of nitrogens with zero attached hydrogens (tertiary/aromatic N) is 3. The fraction of sp³-hybridized carbons (Fsp3) is 0.339. The molecule has 0 bridgehead atoms. The van der Waals surface area contributed by atoms with E-state index in [9.17, 15) is 62.7 Å². The molecular formula is C59H71N5O15S2. The molecule has 7 N–H and O–H groups in total. The van der Waals surface area contributed by atoms with Gasteiger partial charge in [0.05, 0.1) is 43.5 Å². The number of amides is 1. The molecule has 3 aromatic heterocycles. The van der Waals surface area contributed by atoms with Gasteiger partial charge in [-0.2, -0.15) is 0 Å². The zero-order valence-electron chi connectivity index (χ0n) is 47.9. The van der Waals surface area contributed by atoms with E-state index in [1.54, 1.807) is 95.6 Å². The van der Waals surface area contributed by atoms with Gasteiger partial charge in [-0.15, -0.1) is 0 Å². The number of hydrogen-bond acceptors (Lipinski definition) is 16.